The zero-order valence-electron chi connectivity index (χ0n) is 14.9. The van der Waals surface area contributed by atoms with E-state index in [1.807, 2.05) is 6.33 Å². The predicted molar refractivity (Wildman–Crippen MR) is 103 cm³/mol. The Balaban J connectivity index is 1.43. The van der Waals surface area contributed by atoms with Crippen molar-refractivity contribution in [3.05, 3.63) is 6.33 Å². The van der Waals surface area contributed by atoms with Gasteiger partial charge in [-0.25, -0.2) is 15.0 Å². The fourth-order valence-electron chi connectivity index (χ4n) is 3.96. The van der Waals surface area contributed by atoms with Gasteiger partial charge in [0.1, 0.15) is 5.52 Å². The monoisotopic (exact) mass is 360 g/mol. The van der Waals surface area contributed by atoms with Gasteiger partial charge in [0.05, 0.1) is 6.33 Å². The number of rotatable bonds is 6. The topological polar surface area (TPSA) is 72.9 Å². The lowest BCUT2D eigenvalue weighted by atomic mass is 10.1. The first-order chi connectivity index (χ1) is 12.3. The summed E-state index contributed by atoms with van der Waals surface area (Å²) in [6.45, 7) is 4.60. The van der Waals surface area contributed by atoms with Crippen molar-refractivity contribution in [1.82, 2.24) is 24.4 Å². The van der Waals surface area contributed by atoms with Crippen LogP contribution in [0.3, 0.4) is 0 Å². The van der Waals surface area contributed by atoms with Crippen LogP contribution >= 0.6 is 11.8 Å². The minimum absolute atomic E-state index is 0.514. The van der Waals surface area contributed by atoms with Crippen molar-refractivity contribution < 1.29 is 0 Å². The molecule has 2 aliphatic rings. The van der Waals surface area contributed by atoms with E-state index in [0.717, 1.165) is 35.8 Å². The van der Waals surface area contributed by atoms with Gasteiger partial charge in [0.25, 0.3) is 0 Å². The summed E-state index contributed by atoms with van der Waals surface area (Å²) in [4.78, 5) is 16.3. The number of likely N-dealkylation sites (tertiary alicyclic amines) is 1. The van der Waals surface area contributed by atoms with E-state index in [1.54, 1.807) is 11.8 Å². The largest absolute Gasteiger partial charge is 0.382 e. The molecule has 3 heterocycles. The second kappa shape index (κ2) is 7.91. The van der Waals surface area contributed by atoms with Gasteiger partial charge in [-0.3, -0.25) is 0 Å². The first-order valence-electron chi connectivity index (χ1n) is 9.67. The van der Waals surface area contributed by atoms with Gasteiger partial charge in [-0.15, -0.1) is 0 Å². The Bertz CT molecular complexity index is 703. The van der Waals surface area contributed by atoms with Crippen LogP contribution in [0.25, 0.3) is 11.2 Å². The summed E-state index contributed by atoms with van der Waals surface area (Å²) in [5, 5.41) is 1.46. The first-order valence-corrected chi connectivity index (χ1v) is 10.5. The molecule has 0 bridgehead atoms. The third-order valence-corrected chi connectivity index (χ3v) is 6.56. The van der Waals surface area contributed by atoms with Gasteiger partial charge in [-0.2, -0.15) is 0 Å². The molecule has 0 spiro atoms. The van der Waals surface area contributed by atoms with Gasteiger partial charge in [0, 0.05) is 11.8 Å². The summed E-state index contributed by atoms with van der Waals surface area (Å²) < 4.78 is 2.15. The van der Waals surface area contributed by atoms with E-state index < -0.39 is 0 Å². The highest BCUT2D eigenvalue weighted by Crippen LogP contribution is 2.34. The Morgan fingerprint density at radius 2 is 1.84 bits per heavy atom. The molecule has 6 nitrogen and oxygen atoms in total. The Morgan fingerprint density at radius 3 is 2.64 bits per heavy atom. The van der Waals surface area contributed by atoms with Crippen molar-refractivity contribution in [2.45, 2.75) is 68.3 Å². The van der Waals surface area contributed by atoms with Crippen molar-refractivity contribution >= 4 is 28.7 Å². The van der Waals surface area contributed by atoms with Crippen LogP contribution in [0.4, 0.5) is 5.82 Å². The summed E-state index contributed by atoms with van der Waals surface area (Å²) >= 11 is 1.79. The zero-order chi connectivity index (χ0) is 17.1. The number of nitrogens with two attached hydrogens (primary N) is 1. The maximum atomic E-state index is 6.14. The van der Waals surface area contributed by atoms with Gasteiger partial charge < -0.3 is 15.2 Å². The van der Waals surface area contributed by atoms with E-state index in [9.17, 15) is 0 Å². The summed E-state index contributed by atoms with van der Waals surface area (Å²) in [6.07, 6.45) is 12.3. The first kappa shape index (κ1) is 17.1. The second-order valence-electron chi connectivity index (χ2n) is 7.28. The highest BCUT2D eigenvalue weighted by molar-refractivity contribution is 7.99. The molecule has 1 aliphatic heterocycles. The maximum absolute atomic E-state index is 6.14. The quantitative estimate of drug-likeness (QED) is 0.797. The average molecular weight is 361 g/mol. The molecule has 2 aromatic rings. The molecular formula is C18H28N6S. The molecule has 4 rings (SSSR count). The number of hydrogen-bond donors (Lipinski definition) is 1. The summed E-state index contributed by atoms with van der Waals surface area (Å²) in [7, 11) is 0. The van der Waals surface area contributed by atoms with E-state index in [2.05, 4.69) is 19.4 Å². The van der Waals surface area contributed by atoms with Crippen molar-refractivity contribution in [3.63, 3.8) is 0 Å². The standard InChI is InChI=1S/C18H28N6S/c19-16-15-17(22-18(21-16)25-14-7-2-3-8-14)24(13-20-15)12-6-11-23-9-4-1-5-10-23/h13-14H,1-12H2,(H2,19,21,22). The molecule has 2 N–H and O–H groups in total. The predicted octanol–water partition coefficient (Wildman–Crippen LogP) is 3.32. The Hall–Kier alpha value is -1.34. The lowest BCUT2D eigenvalue weighted by molar-refractivity contribution is 0.223. The molecule has 0 atom stereocenters. The lowest BCUT2D eigenvalue weighted by Gasteiger charge is -2.26. The molecule has 0 amide bonds. The highest BCUT2D eigenvalue weighted by Gasteiger charge is 2.19. The van der Waals surface area contributed by atoms with E-state index >= 15 is 0 Å². The van der Waals surface area contributed by atoms with E-state index in [4.69, 9.17) is 10.7 Å². The van der Waals surface area contributed by atoms with Gasteiger partial charge in [0.15, 0.2) is 16.6 Å². The number of fused-ring (bicyclic) bond motifs is 1. The SMILES string of the molecule is Nc1nc(SC2CCCC2)nc2c1ncn2CCCN1CCCCC1. The number of aromatic nitrogens is 4. The number of nitrogen functional groups attached to an aromatic ring is 1. The van der Waals surface area contributed by atoms with Crippen LogP contribution in [0, 0.1) is 0 Å². The van der Waals surface area contributed by atoms with Crippen LogP contribution in [0.15, 0.2) is 11.5 Å². The van der Waals surface area contributed by atoms with Gasteiger partial charge in [0.2, 0.25) is 0 Å². The Labute approximate surface area is 153 Å². The number of hydrogen-bond acceptors (Lipinski definition) is 6. The van der Waals surface area contributed by atoms with E-state index in [0.29, 0.717) is 11.1 Å². The van der Waals surface area contributed by atoms with Gasteiger partial charge in [-0.1, -0.05) is 31.0 Å². The van der Waals surface area contributed by atoms with Crippen LogP contribution in [0.5, 0.6) is 0 Å². The number of imidazole rings is 1. The molecule has 1 saturated carbocycles. The molecule has 7 heteroatoms. The van der Waals surface area contributed by atoms with Crippen LogP contribution in [-0.2, 0) is 6.54 Å². The molecule has 2 aromatic heterocycles. The van der Waals surface area contributed by atoms with Crippen molar-refractivity contribution in [2.75, 3.05) is 25.4 Å². The number of anilines is 1. The smallest absolute Gasteiger partial charge is 0.191 e. The fraction of sp³-hybridized carbons (Fsp3) is 0.722. The number of aryl methyl sites for hydroxylation is 1. The minimum Gasteiger partial charge on any atom is -0.382 e. The summed E-state index contributed by atoms with van der Waals surface area (Å²) in [5.74, 6) is 0.514. The Morgan fingerprint density at radius 1 is 1.04 bits per heavy atom. The fourth-order valence-corrected chi connectivity index (χ4v) is 5.12. The number of nitrogens with zero attached hydrogens (tertiary/aromatic N) is 5. The second-order valence-corrected chi connectivity index (χ2v) is 8.55. The lowest BCUT2D eigenvalue weighted by Crippen LogP contribution is -2.31. The molecule has 0 unspecified atom stereocenters. The molecule has 1 saturated heterocycles. The number of piperidine rings is 1. The molecule has 25 heavy (non-hydrogen) atoms. The van der Waals surface area contributed by atoms with Crippen LogP contribution < -0.4 is 5.73 Å². The molecule has 0 aromatic carbocycles. The van der Waals surface area contributed by atoms with Crippen LogP contribution in [0.1, 0.15) is 51.4 Å². The third-order valence-electron chi connectivity index (χ3n) is 5.37. The number of thioether (sulfide) groups is 1. The van der Waals surface area contributed by atoms with Crippen LogP contribution in [-0.4, -0.2) is 49.3 Å². The Kier molecular flexibility index (Phi) is 5.41. The normalized spacial score (nSPS) is 19.8. The van der Waals surface area contributed by atoms with Crippen molar-refractivity contribution in [1.29, 1.82) is 0 Å². The van der Waals surface area contributed by atoms with Crippen molar-refractivity contribution in [3.8, 4) is 0 Å². The average Bonchev–Trinajstić information content (AvgIpc) is 3.27. The van der Waals surface area contributed by atoms with E-state index in [1.165, 1.54) is 58.0 Å². The molecular weight excluding hydrogens is 332 g/mol. The molecule has 2 fully saturated rings. The van der Waals surface area contributed by atoms with Gasteiger partial charge >= 0.3 is 0 Å². The van der Waals surface area contributed by atoms with Gasteiger partial charge in [-0.05, 0) is 51.7 Å². The highest BCUT2D eigenvalue weighted by atomic mass is 32.2. The van der Waals surface area contributed by atoms with E-state index in [-0.39, 0.29) is 0 Å². The maximum Gasteiger partial charge on any atom is 0.191 e. The zero-order valence-corrected chi connectivity index (χ0v) is 15.7. The molecule has 1 aliphatic carbocycles. The minimum atomic E-state index is 0.514. The van der Waals surface area contributed by atoms with Crippen LogP contribution in [0.2, 0.25) is 0 Å². The van der Waals surface area contributed by atoms with Crippen molar-refractivity contribution in [2.24, 2.45) is 0 Å². The summed E-state index contributed by atoms with van der Waals surface area (Å²) in [6, 6.07) is 0. The molecule has 136 valence electrons. The molecule has 0 radical (unpaired) electrons. The third kappa shape index (κ3) is 4.08. The summed E-state index contributed by atoms with van der Waals surface area (Å²) in [5.41, 5.74) is 7.78.